The number of carbonyl (C=O) groups is 1. The highest BCUT2D eigenvalue weighted by atomic mass is 32.2. The Hall–Kier alpha value is -3.12. The molecule has 1 amide bonds. The molecule has 0 aliphatic heterocycles. The van der Waals surface area contributed by atoms with Gasteiger partial charge in [0.25, 0.3) is 15.9 Å². The van der Waals surface area contributed by atoms with Gasteiger partial charge in [-0.3, -0.25) is 9.10 Å². The minimum Gasteiger partial charge on any atom is -0.322 e. The molecular formula is C22H22N2O3S. The second-order valence-corrected chi connectivity index (χ2v) is 8.22. The van der Waals surface area contributed by atoms with Gasteiger partial charge in [-0.25, -0.2) is 8.42 Å². The lowest BCUT2D eigenvalue weighted by molar-refractivity contribution is 0.102. The summed E-state index contributed by atoms with van der Waals surface area (Å²) in [5.74, 6) is -0.244. The maximum Gasteiger partial charge on any atom is 0.264 e. The predicted octanol–water partition coefficient (Wildman–Crippen LogP) is 4.46. The van der Waals surface area contributed by atoms with Crippen LogP contribution in [0.4, 0.5) is 11.4 Å². The molecule has 5 nitrogen and oxygen atoms in total. The Morgan fingerprint density at radius 3 is 2.21 bits per heavy atom. The minimum absolute atomic E-state index is 0.234. The van der Waals surface area contributed by atoms with E-state index in [2.05, 4.69) is 5.32 Å². The molecule has 0 bridgehead atoms. The third kappa shape index (κ3) is 4.23. The van der Waals surface area contributed by atoms with Gasteiger partial charge in [-0.15, -0.1) is 0 Å². The van der Waals surface area contributed by atoms with E-state index in [0.717, 1.165) is 11.3 Å². The smallest absolute Gasteiger partial charge is 0.264 e. The van der Waals surface area contributed by atoms with Gasteiger partial charge in [0.2, 0.25) is 0 Å². The van der Waals surface area contributed by atoms with Crippen molar-refractivity contribution in [1.82, 2.24) is 0 Å². The molecule has 3 aromatic carbocycles. The molecular weight excluding hydrogens is 372 g/mol. The summed E-state index contributed by atoms with van der Waals surface area (Å²) in [6.45, 7) is 4.02. The topological polar surface area (TPSA) is 66.5 Å². The van der Waals surface area contributed by atoms with Crippen molar-refractivity contribution in [3.8, 4) is 0 Å². The number of nitrogens with zero attached hydrogens (tertiary/aromatic N) is 1. The van der Waals surface area contributed by atoms with E-state index in [9.17, 15) is 13.2 Å². The highest BCUT2D eigenvalue weighted by Gasteiger charge is 2.23. The largest absolute Gasteiger partial charge is 0.322 e. The molecule has 0 radical (unpaired) electrons. The van der Waals surface area contributed by atoms with Crippen LogP contribution in [-0.2, 0) is 10.0 Å². The van der Waals surface area contributed by atoms with Gasteiger partial charge in [0.1, 0.15) is 0 Å². The van der Waals surface area contributed by atoms with Crippen molar-refractivity contribution in [3.05, 3.63) is 90.0 Å². The molecule has 0 atom stereocenters. The van der Waals surface area contributed by atoms with Crippen LogP contribution in [0.25, 0.3) is 0 Å². The van der Waals surface area contributed by atoms with Crippen molar-refractivity contribution in [2.45, 2.75) is 18.7 Å². The number of nitrogens with one attached hydrogen (secondary N) is 1. The van der Waals surface area contributed by atoms with Gasteiger partial charge in [0.15, 0.2) is 0 Å². The first-order valence-electron chi connectivity index (χ1n) is 8.97. The lowest BCUT2D eigenvalue weighted by atomic mass is 10.1. The molecule has 0 spiro atoms. The van der Waals surface area contributed by atoms with Crippen LogP contribution in [0.3, 0.4) is 0 Å². The van der Waals surface area contributed by atoms with Crippen molar-refractivity contribution in [3.63, 3.8) is 0 Å². The molecule has 0 unspecified atom stereocenters. The van der Waals surface area contributed by atoms with E-state index >= 15 is 0 Å². The van der Waals surface area contributed by atoms with E-state index in [1.165, 1.54) is 4.31 Å². The van der Waals surface area contributed by atoms with Crippen molar-refractivity contribution in [2.75, 3.05) is 16.2 Å². The van der Waals surface area contributed by atoms with Gasteiger partial charge in [-0.2, -0.15) is 0 Å². The van der Waals surface area contributed by atoms with Crippen LogP contribution in [0.1, 0.15) is 22.8 Å². The first-order chi connectivity index (χ1) is 13.4. The van der Waals surface area contributed by atoms with Gasteiger partial charge in [0, 0.05) is 17.8 Å². The normalized spacial score (nSPS) is 11.1. The number of hydrogen-bond donors (Lipinski definition) is 1. The second-order valence-electron chi connectivity index (χ2n) is 6.35. The quantitative estimate of drug-likeness (QED) is 0.671. The number of rotatable bonds is 6. The number of benzene rings is 3. The SMILES string of the molecule is CCN(c1ccc(C(=O)Nc2cccc(C)c2)cc1)S(=O)(=O)c1ccccc1. The van der Waals surface area contributed by atoms with Crippen LogP contribution in [-0.4, -0.2) is 20.9 Å². The van der Waals surface area contributed by atoms with Crippen LogP contribution < -0.4 is 9.62 Å². The predicted molar refractivity (Wildman–Crippen MR) is 112 cm³/mol. The first-order valence-corrected chi connectivity index (χ1v) is 10.4. The molecule has 0 fully saturated rings. The molecule has 28 heavy (non-hydrogen) atoms. The van der Waals surface area contributed by atoms with Crippen molar-refractivity contribution in [1.29, 1.82) is 0 Å². The number of sulfonamides is 1. The number of hydrogen-bond acceptors (Lipinski definition) is 3. The molecule has 0 saturated carbocycles. The van der Waals surface area contributed by atoms with Crippen LogP contribution in [0, 0.1) is 6.92 Å². The lowest BCUT2D eigenvalue weighted by Gasteiger charge is -2.23. The molecule has 6 heteroatoms. The summed E-state index contributed by atoms with van der Waals surface area (Å²) in [6, 6.07) is 22.4. The van der Waals surface area contributed by atoms with Crippen LogP contribution in [0.15, 0.2) is 83.8 Å². The zero-order valence-electron chi connectivity index (χ0n) is 15.8. The summed E-state index contributed by atoms with van der Waals surface area (Å²) < 4.78 is 27.1. The van der Waals surface area contributed by atoms with Crippen LogP contribution in [0.5, 0.6) is 0 Å². The molecule has 0 aliphatic rings. The average Bonchev–Trinajstić information content (AvgIpc) is 2.69. The number of aryl methyl sites for hydroxylation is 1. The first kappa shape index (κ1) is 19.6. The molecule has 3 aromatic rings. The van der Waals surface area contributed by atoms with Crippen LogP contribution >= 0.6 is 0 Å². The summed E-state index contributed by atoms with van der Waals surface area (Å²) >= 11 is 0. The zero-order valence-corrected chi connectivity index (χ0v) is 16.6. The third-order valence-corrected chi connectivity index (χ3v) is 6.23. The monoisotopic (exact) mass is 394 g/mol. The van der Waals surface area contributed by atoms with Gasteiger partial charge >= 0.3 is 0 Å². The summed E-state index contributed by atoms with van der Waals surface area (Å²) in [7, 11) is -3.66. The van der Waals surface area contributed by atoms with E-state index < -0.39 is 10.0 Å². The molecule has 1 N–H and O–H groups in total. The molecule has 0 aliphatic carbocycles. The Morgan fingerprint density at radius 2 is 1.61 bits per heavy atom. The van der Waals surface area contributed by atoms with E-state index in [0.29, 0.717) is 11.3 Å². The summed E-state index contributed by atoms with van der Waals surface area (Å²) in [5, 5.41) is 2.85. The molecule has 144 valence electrons. The maximum atomic E-state index is 12.9. The zero-order chi connectivity index (χ0) is 20.1. The molecule has 3 rings (SSSR count). The van der Waals surface area contributed by atoms with Crippen molar-refractivity contribution >= 4 is 27.3 Å². The lowest BCUT2D eigenvalue weighted by Crippen LogP contribution is -2.30. The molecule has 0 heterocycles. The van der Waals surface area contributed by atoms with Gasteiger partial charge in [-0.1, -0.05) is 30.3 Å². The summed E-state index contributed by atoms with van der Waals surface area (Å²) in [5.41, 5.74) is 2.74. The average molecular weight is 394 g/mol. The fourth-order valence-electron chi connectivity index (χ4n) is 2.92. The molecule has 0 aromatic heterocycles. The van der Waals surface area contributed by atoms with Crippen molar-refractivity contribution < 1.29 is 13.2 Å². The minimum atomic E-state index is -3.66. The Kier molecular flexibility index (Phi) is 5.80. The third-order valence-electron chi connectivity index (χ3n) is 4.31. The van der Waals surface area contributed by atoms with Crippen molar-refractivity contribution in [2.24, 2.45) is 0 Å². The fourth-order valence-corrected chi connectivity index (χ4v) is 4.41. The fraction of sp³-hybridized carbons (Fsp3) is 0.136. The van der Waals surface area contributed by atoms with Crippen LogP contribution in [0.2, 0.25) is 0 Å². The number of anilines is 2. The van der Waals surface area contributed by atoms with Gasteiger partial charge in [-0.05, 0) is 67.9 Å². The Morgan fingerprint density at radius 1 is 0.929 bits per heavy atom. The van der Waals surface area contributed by atoms with E-state index in [-0.39, 0.29) is 17.3 Å². The van der Waals surface area contributed by atoms with Gasteiger partial charge < -0.3 is 5.32 Å². The molecule has 0 saturated heterocycles. The van der Waals surface area contributed by atoms with Gasteiger partial charge in [0.05, 0.1) is 10.6 Å². The van der Waals surface area contributed by atoms with E-state index in [1.54, 1.807) is 61.5 Å². The maximum absolute atomic E-state index is 12.9. The number of amides is 1. The van der Waals surface area contributed by atoms with E-state index in [4.69, 9.17) is 0 Å². The Bertz CT molecular complexity index is 1060. The second kappa shape index (κ2) is 8.27. The summed E-state index contributed by atoms with van der Waals surface area (Å²) in [4.78, 5) is 12.7. The highest BCUT2D eigenvalue weighted by molar-refractivity contribution is 7.92. The standard InChI is InChI=1S/C22H22N2O3S/c1-3-24(28(26,27)21-10-5-4-6-11-21)20-14-12-18(13-15-20)22(25)23-19-9-7-8-17(2)16-19/h4-16H,3H2,1-2H3,(H,23,25). The van der Waals surface area contributed by atoms with E-state index in [1.807, 2.05) is 31.2 Å². The highest BCUT2D eigenvalue weighted by Crippen LogP contribution is 2.24. The Labute approximate surface area is 165 Å². The number of carbonyl (C=O) groups excluding carboxylic acids is 1. The summed E-state index contributed by atoms with van der Waals surface area (Å²) in [6.07, 6.45) is 0. The Balaban J connectivity index is 1.81.